The summed E-state index contributed by atoms with van der Waals surface area (Å²) in [7, 11) is 2.02. The number of halogens is 1. The lowest BCUT2D eigenvalue weighted by atomic mass is 9.96. The van der Waals surface area contributed by atoms with Crippen LogP contribution in [-0.4, -0.2) is 13.1 Å². The summed E-state index contributed by atoms with van der Waals surface area (Å²) >= 11 is 6.34. The van der Waals surface area contributed by atoms with Crippen LogP contribution in [0.25, 0.3) is 0 Å². The summed E-state index contributed by atoms with van der Waals surface area (Å²) in [6.07, 6.45) is 1.97. The molecule has 0 fully saturated rings. The van der Waals surface area contributed by atoms with Crippen molar-refractivity contribution in [3.63, 3.8) is 0 Å². The van der Waals surface area contributed by atoms with Crippen LogP contribution < -0.4 is 5.32 Å². The molecule has 0 aliphatic rings. The molecule has 0 heterocycles. The van der Waals surface area contributed by atoms with E-state index in [-0.39, 0.29) is 0 Å². The molecule has 2 aromatic rings. The van der Waals surface area contributed by atoms with E-state index >= 15 is 0 Å². The van der Waals surface area contributed by atoms with Gasteiger partial charge in [0.15, 0.2) is 0 Å². The van der Waals surface area contributed by atoms with Gasteiger partial charge in [0.2, 0.25) is 0 Å². The van der Waals surface area contributed by atoms with Crippen LogP contribution in [0.15, 0.2) is 42.5 Å². The normalized spacial score (nSPS) is 12.4. The molecule has 1 unspecified atom stereocenters. The van der Waals surface area contributed by atoms with Crippen molar-refractivity contribution in [1.82, 2.24) is 5.32 Å². The lowest BCUT2D eigenvalue weighted by Crippen LogP contribution is -2.30. The van der Waals surface area contributed by atoms with Crippen molar-refractivity contribution in [3.8, 4) is 0 Å². The Hall–Kier alpha value is -1.31. The highest BCUT2D eigenvalue weighted by Gasteiger charge is 2.12. The van der Waals surface area contributed by atoms with E-state index in [1.807, 2.05) is 13.1 Å². The number of nitrogens with one attached hydrogen (secondary N) is 1. The maximum atomic E-state index is 6.34. The minimum Gasteiger partial charge on any atom is -0.316 e. The van der Waals surface area contributed by atoms with E-state index in [2.05, 4.69) is 55.6 Å². The molecular weight excluding hydrogens is 266 g/mol. The highest BCUT2D eigenvalue weighted by Crippen LogP contribution is 2.20. The SMILES string of the molecule is CNC(Cc1ccccc1C)Cc1ccc(C)cc1Cl. The number of aryl methyl sites for hydroxylation is 2. The lowest BCUT2D eigenvalue weighted by Gasteiger charge is -2.18. The molecule has 0 aliphatic heterocycles. The maximum Gasteiger partial charge on any atom is 0.0441 e. The van der Waals surface area contributed by atoms with Crippen LogP contribution in [0.1, 0.15) is 22.3 Å². The van der Waals surface area contributed by atoms with Gasteiger partial charge in [-0.25, -0.2) is 0 Å². The first-order valence-corrected chi connectivity index (χ1v) is 7.44. The maximum absolute atomic E-state index is 6.34. The Labute approximate surface area is 127 Å². The number of rotatable bonds is 5. The average Bonchev–Trinajstić information content (AvgIpc) is 2.43. The van der Waals surface area contributed by atoms with Crippen molar-refractivity contribution in [2.24, 2.45) is 0 Å². The van der Waals surface area contributed by atoms with Crippen molar-refractivity contribution in [2.75, 3.05) is 7.05 Å². The summed E-state index contributed by atoms with van der Waals surface area (Å²) in [5.74, 6) is 0. The van der Waals surface area contributed by atoms with Crippen LogP contribution in [0, 0.1) is 13.8 Å². The summed E-state index contributed by atoms with van der Waals surface area (Å²) < 4.78 is 0. The Morgan fingerprint density at radius 1 is 1.00 bits per heavy atom. The van der Waals surface area contributed by atoms with E-state index in [1.165, 1.54) is 22.3 Å². The zero-order chi connectivity index (χ0) is 14.5. The fourth-order valence-electron chi connectivity index (χ4n) is 2.46. The fraction of sp³-hybridized carbons (Fsp3) is 0.333. The highest BCUT2D eigenvalue weighted by atomic mass is 35.5. The predicted octanol–water partition coefficient (Wildman–Crippen LogP) is 4.33. The summed E-state index contributed by atoms with van der Waals surface area (Å²) in [6.45, 7) is 4.24. The second-order valence-electron chi connectivity index (χ2n) is 5.42. The van der Waals surface area contributed by atoms with Gasteiger partial charge in [0.25, 0.3) is 0 Å². The van der Waals surface area contributed by atoms with Gasteiger partial charge in [0.05, 0.1) is 0 Å². The first-order chi connectivity index (χ1) is 9.60. The smallest absolute Gasteiger partial charge is 0.0441 e. The van der Waals surface area contributed by atoms with Crippen LogP contribution in [0.5, 0.6) is 0 Å². The molecule has 0 spiro atoms. The highest BCUT2D eigenvalue weighted by molar-refractivity contribution is 6.31. The zero-order valence-electron chi connectivity index (χ0n) is 12.4. The fourth-order valence-corrected chi connectivity index (χ4v) is 2.78. The molecule has 0 saturated heterocycles. The number of hydrogen-bond acceptors (Lipinski definition) is 1. The van der Waals surface area contributed by atoms with Crippen molar-refractivity contribution >= 4 is 11.6 Å². The quantitative estimate of drug-likeness (QED) is 0.863. The van der Waals surface area contributed by atoms with Crippen LogP contribution in [0.4, 0.5) is 0 Å². The molecule has 0 saturated carbocycles. The standard InChI is InChI=1S/C18H22ClN/c1-13-8-9-16(18(19)10-13)12-17(20-3)11-15-7-5-4-6-14(15)2/h4-10,17,20H,11-12H2,1-3H3. The van der Waals surface area contributed by atoms with Crippen LogP contribution in [-0.2, 0) is 12.8 Å². The third-order valence-electron chi connectivity index (χ3n) is 3.81. The molecule has 1 atom stereocenters. The molecule has 0 aromatic heterocycles. The zero-order valence-corrected chi connectivity index (χ0v) is 13.2. The first-order valence-electron chi connectivity index (χ1n) is 7.07. The molecule has 2 heteroatoms. The minimum absolute atomic E-state index is 0.399. The summed E-state index contributed by atoms with van der Waals surface area (Å²) in [6, 6.07) is 15.3. The van der Waals surface area contributed by atoms with Crippen LogP contribution >= 0.6 is 11.6 Å². The third kappa shape index (κ3) is 3.84. The molecule has 106 valence electrons. The molecular formula is C18H22ClN. The van der Waals surface area contributed by atoms with Gasteiger partial charge in [-0.1, -0.05) is 48.0 Å². The van der Waals surface area contributed by atoms with E-state index in [0.29, 0.717) is 6.04 Å². The molecule has 0 bridgehead atoms. The monoisotopic (exact) mass is 287 g/mol. The van der Waals surface area contributed by atoms with E-state index in [9.17, 15) is 0 Å². The van der Waals surface area contributed by atoms with Crippen molar-refractivity contribution < 1.29 is 0 Å². The van der Waals surface area contributed by atoms with E-state index < -0.39 is 0 Å². The molecule has 1 nitrogen and oxygen atoms in total. The van der Waals surface area contributed by atoms with E-state index in [1.54, 1.807) is 0 Å². The topological polar surface area (TPSA) is 12.0 Å². The molecule has 0 radical (unpaired) electrons. The van der Waals surface area contributed by atoms with Gasteiger partial charge in [-0.2, -0.15) is 0 Å². The minimum atomic E-state index is 0.399. The summed E-state index contributed by atoms with van der Waals surface area (Å²) in [4.78, 5) is 0. The Kier molecular flexibility index (Phi) is 5.22. The first kappa shape index (κ1) is 15.1. The van der Waals surface area contributed by atoms with Gasteiger partial charge >= 0.3 is 0 Å². The Morgan fingerprint density at radius 3 is 2.35 bits per heavy atom. The second-order valence-corrected chi connectivity index (χ2v) is 5.82. The average molecular weight is 288 g/mol. The third-order valence-corrected chi connectivity index (χ3v) is 4.16. The molecule has 2 aromatic carbocycles. The van der Waals surface area contributed by atoms with Crippen molar-refractivity contribution in [2.45, 2.75) is 32.7 Å². The van der Waals surface area contributed by atoms with Crippen LogP contribution in [0.3, 0.4) is 0 Å². The molecule has 20 heavy (non-hydrogen) atoms. The number of hydrogen-bond donors (Lipinski definition) is 1. The summed E-state index contributed by atoms with van der Waals surface area (Å²) in [5, 5.41) is 4.28. The second kappa shape index (κ2) is 6.92. The number of likely N-dealkylation sites (N-methyl/N-ethyl adjacent to an activating group) is 1. The van der Waals surface area contributed by atoms with Crippen molar-refractivity contribution in [1.29, 1.82) is 0 Å². The summed E-state index contributed by atoms with van der Waals surface area (Å²) in [5.41, 5.74) is 5.17. The van der Waals surface area contributed by atoms with Gasteiger partial charge in [-0.05, 0) is 62.1 Å². The number of benzene rings is 2. The van der Waals surface area contributed by atoms with Gasteiger partial charge in [0, 0.05) is 11.1 Å². The molecule has 0 amide bonds. The van der Waals surface area contributed by atoms with Gasteiger partial charge in [0.1, 0.15) is 0 Å². The molecule has 2 rings (SSSR count). The Balaban J connectivity index is 2.11. The Bertz CT molecular complexity index is 577. The van der Waals surface area contributed by atoms with Gasteiger partial charge in [-0.15, -0.1) is 0 Å². The van der Waals surface area contributed by atoms with Crippen LogP contribution in [0.2, 0.25) is 5.02 Å². The van der Waals surface area contributed by atoms with Gasteiger partial charge in [-0.3, -0.25) is 0 Å². The molecule has 0 aliphatic carbocycles. The van der Waals surface area contributed by atoms with Gasteiger partial charge < -0.3 is 5.32 Å². The van der Waals surface area contributed by atoms with Crippen molar-refractivity contribution in [3.05, 3.63) is 69.7 Å². The largest absolute Gasteiger partial charge is 0.316 e. The Morgan fingerprint density at radius 2 is 1.70 bits per heavy atom. The lowest BCUT2D eigenvalue weighted by molar-refractivity contribution is 0.555. The van der Waals surface area contributed by atoms with E-state index in [0.717, 1.165) is 17.9 Å². The molecule has 1 N–H and O–H groups in total. The predicted molar refractivity (Wildman–Crippen MR) is 87.6 cm³/mol. The van der Waals surface area contributed by atoms with E-state index in [4.69, 9.17) is 11.6 Å².